The van der Waals surface area contributed by atoms with Crippen molar-refractivity contribution in [2.24, 2.45) is 10.2 Å². The topological polar surface area (TPSA) is 45.0 Å². The van der Waals surface area contributed by atoms with E-state index in [1.165, 1.54) is 4.90 Å². The zero-order chi connectivity index (χ0) is 6.15. The van der Waals surface area contributed by atoms with Crippen molar-refractivity contribution in [3.05, 3.63) is 12.4 Å². The van der Waals surface area contributed by atoms with Crippen LogP contribution in [0.4, 0.5) is 4.79 Å². The number of amides is 2. The lowest BCUT2D eigenvalue weighted by Crippen LogP contribution is -2.15. The molecule has 1 aliphatic rings. The summed E-state index contributed by atoms with van der Waals surface area (Å²) < 4.78 is 0. The molecule has 4 nitrogen and oxygen atoms in total. The molecule has 0 saturated heterocycles. The molecule has 2 amide bonds. The number of hydrogen-bond donors (Lipinski definition) is 0. The lowest BCUT2D eigenvalue weighted by Gasteiger charge is -2.01. The van der Waals surface area contributed by atoms with Crippen LogP contribution in [0, 0.1) is 0 Å². The fourth-order valence-corrected chi connectivity index (χ4v) is 0.345. The first-order chi connectivity index (χ1) is 3.72. The number of azo groups is 1. The summed E-state index contributed by atoms with van der Waals surface area (Å²) in [4.78, 5) is 11.7. The Labute approximate surface area is 46.5 Å². The Kier molecular flexibility index (Phi) is 0.865. The molecule has 0 bridgehead atoms. The summed E-state index contributed by atoms with van der Waals surface area (Å²) in [7, 11) is 1.57. The molecule has 0 aliphatic carbocycles. The van der Waals surface area contributed by atoms with E-state index in [-0.39, 0.29) is 6.03 Å². The SMILES string of the molecule is C=C1N=NC(=O)N1C. The van der Waals surface area contributed by atoms with Crippen molar-refractivity contribution in [3.8, 4) is 0 Å². The van der Waals surface area contributed by atoms with E-state index in [4.69, 9.17) is 0 Å². The first-order valence-electron chi connectivity index (χ1n) is 2.10. The van der Waals surface area contributed by atoms with Gasteiger partial charge in [-0.1, -0.05) is 11.7 Å². The number of carbonyl (C=O) groups is 1. The average molecular weight is 111 g/mol. The predicted molar refractivity (Wildman–Crippen MR) is 27.2 cm³/mol. The van der Waals surface area contributed by atoms with E-state index in [2.05, 4.69) is 16.8 Å². The van der Waals surface area contributed by atoms with Gasteiger partial charge in [0.05, 0.1) is 0 Å². The van der Waals surface area contributed by atoms with Gasteiger partial charge >= 0.3 is 6.03 Å². The fourth-order valence-electron chi connectivity index (χ4n) is 0.345. The number of urea groups is 1. The van der Waals surface area contributed by atoms with Gasteiger partial charge < -0.3 is 0 Å². The van der Waals surface area contributed by atoms with Gasteiger partial charge in [0.15, 0.2) is 5.82 Å². The highest BCUT2D eigenvalue weighted by Gasteiger charge is 2.15. The number of carbonyl (C=O) groups excluding carboxylic acids is 1. The Morgan fingerprint density at radius 2 is 2.25 bits per heavy atom. The maximum absolute atomic E-state index is 10.4. The summed E-state index contributed by atoms with van der Waals surface area (Å²) in [6.45, 7) is 3.43. The highest BCUT2D eigenvalue weighted by atomic mass is 16.2. The van der Waals surface area contributed by atoms with Crippen molar-refractivity contribution in [1.29, 1.82) is 0 Å². The second kappa shape index (κ2) is 1.40. The monoisotopic (exact) mass is 111 g/mol. The van der Waals surface area contributed by atoms with Gasteiger partial charge in [-0.15, -0.1) is 5.11 Å². The minimum Gasteiger partial charge on any atom is -0.277 e. The zero-order valence-corrected chi connectivity index (χ0v) is 4.46. The molecule has 0 radical (unpaired) electrons. The van der Waals surface area contributed by atoms with E-state index in [1.807, 2.05) is 0 Å². The number of nitrogens with zero attached hydrogens (tertiary/aromatic N) is 3. The molecule has 1 heterocycles. The molecule has 8 heavy (non-hydrogen) atoms. The molecule has 0 spiro atoms. The Bertz CT molecular complexity index is 154. The second-order valence-corrected chi connectivity index (χ2v) is 1.46. The molecule has 0 aromatic carbocycles. The largest absolute Gasteiger partial charge is 0.367 e. The fraction of sp³-hybridized carbons (Fsp3) is 0.250. The van der Waals surface area contributed by atoms with E-state index in [9.17, 15) is 4.79 Å². The molecule has 0 saturated carbocycles. The van der Waals surface area contributed by atoms with E-state index in [1.54, 1.807) is 7.05 Å². The van der Waals surface area contributed by atoms with Crippen molar-refractivity contribution in [1.82, 2.24) is 4.90 Å². The summed E-state index contributed by atoms with van der Waals surface area (Å²) in [5.74, 6) is 0.398. The zero-order valence-electron chi connectivity index (χ0n) is 4.46. The standard InChI is InChI=1S/C4H5N3O/c1-3-5-6-4(8)7(3)2/h1H2,2H3. The Morgan fingerprint density at radius 1 is 1.62 bits per heavy atom. The van der Waals surface area contributed by atoms with Gasteiger partial charge in [-0.3, -0.25) is 4.90 Å². The van der Waals surface area contributed by atoms with Crippen LogP contribution in [-0.4, -0.2) is 18.0 Å². The Morgan fingerprint density at radius 3 is 2.38 bits per heavy atom. The molecule has 0 N–H and O–H groups in total. The van der Waals surface area contributed by atoms with Crippen LogP contribution in [0.2, 0.25) is 0 Å². The highest BCUT2D eigenvalue weighted by Crippen LogP contribution is 2.10. The quantitative estimate of drug-likeness (QED) is 0.459. The third kappa shape index (κ3) is 0.501. The molecule has 1 aliphatic heterocycles. The van der Waals surface area contributed by atoms with Gasteiger partial charge in [0.25, 0.3) is 0 Å². The van der Waals surface area contributed by atoms with Crippen molar-refractivity contribution in [2.75, 3.05) is 7.05 Å². The lowest BCUT2D eigenvalue weighted by atomic mass is 10.7. The van der Waals surface area contributed by atoms with E-state index < -0.39 is 0 Å². The first kappa shape index (κ1) is 4.96. The van der Waals surface area contributed by atoms with Crippen LogP contribution >= 0.6 is 0 Å². The number of rotatable bonds is 0. The second-order valence-electron chi connectivity index (χ2n) is 1.46. The minimum absolute atomic E-state index is 0.352. The Hall–Kier alpha value is -1.19. The summed E-state index contributed by atoms with van der Waals surface area (Å²) in [6.07, 6.45) is 0. The average Bonchev–Trinajstić information content (AvgIpc) is 1.98. The summed E-state index contributed by atoms with van der Waals surface area (Å²) in [6, 6.07) is -0.352. The Balaban J connectivity index is 2.84. The van der Waals surface area contributed by atoms with Gasteiger partial charge in [-0.05, 0) is 0 Å². The molecule has 42 valence electrons. The van der Waals surface area contributed by atoms with Gasteiger partial charge in [-0.2, -0.15) is 0 Å². The number of hydrogen-bond acceptors (Lipinski definition) is 2. The molecule has 1 rings (SSSR count). The molecule has 0 unspecified atom stereocenters. The van der Waals surface area contributed by atoms with Crippen molar-refractivity contribution >= 4 is 6.03 Å². The van der Waals surface area contributed by atoms with Gasteiger partial charge in [0.2, 0.25) is 0 Å². The molecular formula is C4H5N3O. The minimum atomic E-state index is -0.352. The summed E-state index contributed by atoms with van der Waals surface area (Å²) in [5.41, 5.74) is 0. The van der Waals surface area contributed by atoms with Crippen molar-refractivity contribution in [3.63, 3.8) is 0 Å². The van der Waals surface area contributed by atoms with E-state index in [0.717, 1.165) is 0 Å². The van der Waals surface area contributed by atoms with Crippen LogP contribution in [0.25, 0.3) is 0 Å². The maximum atomic E-state index is 10.4. The molecular weight excluding hydrogens is 106 g/mol. The van der Waals surface area contributed by atoms with Crippen LogP contribution in [0.3, 0.4) is 0 Å². The molecule has 0 aromatic heterocycles. The predicted octanol–water partition coefficient (Wildman–Crippen LogP) is 0.975. The van der Waals surface area contributed by atoms with Gasteiger partial charge in [0, 0.05) is 7.05 Å². The molecule has 4 heteroatoms. The van der Waals surface area contributed by atoms with Crippen LogP contribution < -0.4 is 0 Å². The van der Waals surface area contributed by atoms with E-state index in [0.29, 0.717) is 5.82 Å². The lowest BCUT2D eigenvalue weighted by molar-refractivity contribution is 0.233. The van der Waals surface area contributed by atoms with Crippen LogP contribution in [-0.2, 0) is 0 Å². The van der Waals surface area contributed by atoms with Crippen LogP contribution in [0.5, 0.6) is 0 Å². The third-order valence-electron chi connectivity index (χ3n) is 0.925. The smallest absolute Gasteiger partial charge is 0.277 e. The first-order valence-corrected chi connectivity index (χ1v) is 2.10. The van der Waals surface area contributed by atoms with Crippen LogP contribution in [0.15, 0.2) is 22.6 Å². The highest BCUT2D eigenvalue weighted by molar-refractivity contribution is 5.77. The maximum Gasteiger partial charge on any atom is 0.367 e. The molecule has 0 aromatic rings. The molecule has 0 fully saturated rings. The summed E-state index contributed by atoms with van der Waals surface area (Å²) in [5, 5.41) is 6.62. The normalized spacial score (nSPS) is 18.4. The van der Waals surface area contributed by atoms with Crippen LogP contribution in [0.1, 0.15) is 0 Å². The van der Waals surface area contributed by atoms with E-state index >= 15 is 0 Å². The van der Waals surface area contributed by atoms with Gasteiger partial charge in [-0.25, -0.2) is 4.79 Å². The summed E-state index contributed by atoms with van der Waals surface area (Å²) >= 11 is 0. The van der Waals surface area contributed by atoms with Crippen molar-refractivity contribution < 1.29 is 4.79 Å². The third-order valence-corrected chi connectivity index (χ3v) is 0.925. The van der Waals surface area contributed by atoms with Gasteiger partial charge in [0.1, 0.15) is 0 Å². The van der Waals surface area contributed by atoms with Crippen molar-refractivity contribution in [2.45, 2.75) is 0 Å². The molecule has 0 atom stereocenters.